The van der Waals surface area contributed by atoms with Crippen molar-refractivity contribution in [2.75, 3.05) is 26.4 Å². The van der Waals surface area contributed by atoms with Crippen molar-refractivity contribution in [3.05, 3.63) is 48.6 Å². The number of rotatable bonds is 59. The predicted molar refractivity (Wildman–Crippen MR) is 369 cm³/mol. The molecule has 3 heterocycles. The van der Waals surface area contributed by atoms with E-state index in [1.54, 1.807) is 6.08 Å². The molecule has 0 aromatic carbocycles. The Hall–Kier alpha value is -2.25. The Morgan fingerprint density at radius 3 is 1.13 bits per heavy atom. The number of hydrogen-bond donors (Lipinski definition) is 12. The maximum atomic E-state index is 13.4. The molecule has 0 spiro atoms. The highest BCUT2D eigenvalue weighted by molar-refractivity contribution is 5.76. The fourth-order valence-corrected chi connectivity index (χ4v) is 12.7. The molecular formula is C75H137NO18. The molecule has 3 aliphatic rings. The van der Waals surface area contributed by atoms with Crippen LogP contribution >= 0.6 is 0 Å². The molecule has 0 bridgehead atoms. The number of amides is 1. The van der Waals surface area contributed by atoms with Gasteiger partial charge in [0.05, 0.1) is 38.6 Å². The lowest BCUT2D eigenvalue weighted by Crippen LogP contribution is -2.66. The van der Waals surface area contributed by atoms with Gasteiger partial charge in [0.2, 0.25) is 5.91 Å². The minimum Gasteiger partial charge on any atom is -0.394 e. The van der Waals surface area contributed by atoms with Crippen LogP contribution in [0.2, 0.25) is 0 Å². The van der Waals surface area contributed by atoms with Gasteiger partial charge in [-0.2, -0.15) is 0 Å². The first kappa shape index (κ1) is 86.0. The molecule has 3 saturated heterocycles. The lowest BCUT2D eigenvalue weighted by Gasteiger charge is -2.48. The van der Waals surface area contributed by atoms with Crippen LogP contribution in [0.3, 0.4) is 0 Å². The number of hydrogen-bond acceptors (Lipinski definition) is 18. The van der Waals surface area contributed by atoms with Crippen LogP contribution in [0, 0.1) is 0 Å². The Morgan fingerprint density at radius 1 is 0.383 bits per heavy atom. The molecule has 0 radical (unpaired) electrons. The Kier molecular flexibility index (Phi) is 51.7. The summed E-state index contributed by atoms with van der Waals surface area (Å²) in [6, 6.07) is -0.989. The summed E-state index contributed by atoms with van der Waals surface area (Å²) in [5.74, 6) is -0.282. The normalized spacial score (nSPS) is 27.6. The van der Waals surface area contributed by atoms with Gasteiger partial charge in [-0.1, -0.05) is 268 Å². The molecule has 0 aliphatic carbocycles. The van der Waals surface area contributed by atoms with E-state index < -0.39 is 124 Å². The number of carbonyl (C=O) groups is 1. The zero-order valence-electron chi connectivity index (χ0n) is 58.4. The van der Waals surface area contributed by atoms with E-state index in [9.17, 15) is 61.0 Å². The van der Waals surface area contributed by atoms with Gasteiger partial charge in [0.25, 0.3) is 0 Å². The van der Waals surface area contributed by atoms with Crippen LogP contribution in [0.25, 0.3) is 0 Å². The van der Waals surface area contributed by atoms with E-state index in [0.717, 1.165) is 44.9 Å². The zero-order chi connectivity index (χ0) is 68.2. The van der Waals surface area contributed by atoms with E-state index in [1.165, 1.54) is 212 Å². The van der Waals surface area contributed by atoms with E-state index in [1.807, 2.05) is 6.08 Å². The van der Waals surface area contributed by atoms with Gasteiger partial charge in [-0.05, 0) is 64.2 Å². The first-order valence-corrected chi connectivity index (χ1v) is 37.9. The molecule has 94 heavy (non-hydrogen) atoms. The van der Waals surface area contributed by atoms with Crippen LogP contribution < -0.4 is 5.32 Å². The molecule has 3 rings (SSSR count). The van der Waals surface area contributed by atoms with Crippen molar-refractivity contribution >= 4 is 5.91 Å². The summed E-state index contributed by atoms with van der Waals surface area (Å²) in [5.41, 5.74) is 0. The third-order valence-corrected chi connectivity index (χ3v) is 18.8. The average molecular weight is 1340 g/mol. The zero-order valence-corrected chi connectivity index (χ0v) is 58.4. The van der Waals surface area contributed by atoms with Crippen molar-refractivity contribution in [3.8, 4) is 0 Å². The van der Waals surface area contributed by atoms with Crippen molar-refractivity contribution in [2.45, 2.75) is 394 Å². The Balaban J connectivity index is 1.33. The van der Waals surface area contributed by atoms with E-state index >= 15 is 0 Å². The highest BCUT2D eigenvalue weighted by atomic mass is 16.8. The summed E-state index contributed by atoms with van der Waals surface area (Å²) in [7, 11) is 0. The summed E-state index contributed by atoms with van der Waals surface area (Å²) in [6.07, 6.45) is 42.7. The van der Waals surface area contributed by atoms with E-state index in [-0.39, 0.29) is 18.9 Å². The van der Waals surface area contributed by atoms with Gasteiger partial charge in [-0.25, -0.2) is 0 Å². The molecular weight excluding hydrogens is 1200 g/mol. The van der Waals surface area contributed by atoms with E-state index in [4.69, 9.17) is 28.4 Å². The van der Waals surface area contributed by atoms with Crippen molar-refractivity contribution < 1.29 is 89.4 Å². The molecule has 3 aliphatic heterocycles. The number of aliphatic hydroxyl groups excluding tert-OH is 11. The maximum absolute atomic E-state index is 13.4. The lowest BCUT2D eigenvalue weighted by molar-refractivity contribution is -0.379. The summed E-state index contributed by atoms with van der Waals surface area (Å²) < 4.78 is 34.3. The third-order valence-electron chi connectivity index (χ3n) is 18.8. The van der Waals surface area contributed by atoms with Crippen LogP contribution in [0.5, 0.6) is 0 Å². The molecule has 0 aromatic heterocycles. The lowest BCUT2D eigenvalue weighted by atomic mass is 9.96. The number of ether oxygens (including phenoxy) is 6. The quantitative estimate of drug-likeness (QED) is 0.0199. The van der Waals surface area contributed by atoms with Crippen molar-refractivity contribution in [1.82, 2.24) is 5.32 Å². The summed E-state index contributed by atoms with van der Waals surface area (Å²) in [6.45, 7) is 1.71. The monoisotopic (exact) mass is 1340 g/mol. The number of aliphatic hydroxyl groups is 11. The number of nitrogens with one attached hydrogen (secondary N) is 1. The fourth-order valence-electron chi connectivity index (χ4n) is 12.7. The molecule has 17 atom stereocenters. The Morgan fingerprint density at radius 2 is 0.713 bits per heavy atom. The first-order chi connectivity index (χ1) is 45.8. The van der Waals surface area contributed by atoms with Crippen molar-refractivity contribution in [1.29, 1.82) is 0 Å². The molecule has 0 saturated carbocycles. The highest BCUT2D eigenvalue weighted by Crippen LogP contribution is 2.33. The molecule has 12 N–H and O–H groups in total. The van der Waals surface area contributed by atoms with Crippen LogP contribution in [0.1, 0.15) is 290 Å². The summed E-state index contributed by atoms with van der Waals surface area (Å²) in [5, 5.41) is 120. The van der Waals surface area contributed by atoms with Crippen LogP contribution in [-0.2, 0) is 33.2 Å². The van der Waals surface area contributed by atoms with Crippen LogP contribution in [0.15, 0.2) is 48.6 Å². The SMILES string of the molecule is CCCCCCC/C=C\C/C=C\CCCCCCCCCCCCCCCCCCCCCCCCCC(=O)NC(COC1OC(CO)C(OC2OC(CO)C(OC3OC(CO)C(O)C(O)C3O)C(O)C2O)C(O)C1O)C(O)/C=C/CC/C=C/CCCCCCCCCC. The molecule has 3 fully saturated rings. The predicted octanol–water partition coefficient (Wildman–Crippen LogP) is 11.3. The van der Waals surface area contributed by atoms with E-state index in [0.29, 0.717) is 12.8 Å². The van der Waals surface area contributed by atoms with Gasteiger partial charge in [-0.15, -0.1) is 0 Å². The van der Waals surface area contributed by atoms with Crippen molar-refractivity contribution in [2.24, 2.45) is 0 Å². The summed E-state index contributed by atoms with van der Waals surface area (Å²) in [4.78, 5) is 13.4. The third kappa shape index (κ3) is 37.3. The molecule has 19 nitrogen and oxygen atoms in total. The standard InChI is InChI=1S/C75H137NO18/c1-3-5-7-9-11-13-15-17-19-20-21-22-23-24-25-26-27-28-29-30-31-32-33-34-35-36-37-38-39-41-43-45-47-49-51-53-63(81)76-58(59(80)52-50-48-46-44-42-40-18-16-14-12-10-8-6-4-2)57-89-73-69(87)66(84)71(61(55-78)91-73)94-75-70(88)67(85)72(62(56-79)92-75)93-74-68(86)65(83)64(82)60(54-77)90-74/h15,17,20-21,42,44,50,52,58-62,64-75,77-80,82-88H,3-14,16,18-19,22-41,43,45-49,51,53-57H2,1-2H3,(H,76,81)/b17-15-,21-20-,44-42+,52-50+. The molecule has 0 aromatic rings. The van der Waals surface area contributed by atoms with Gasteiger partial charge >= 0.3 is 0 Å². The number of unbranched alkanes of at least 4 members (excludes halogenated alkanes) is 37. The molecule has 17 unspecified atom stereocenters. The topological polar surface area (TPSA) is 307 Å². The first-order valence-electron chi connectivity index (χ1n) is 37.9. The minimum absolute atomic E-state index is 0.238. The van der Waals surface area contributed by atoms with Gasteiger partial charge in [-0.3, -0.25) is 4.79 Å². The van der Waals surface area contributed by atoms with Crippen LogP contribution in [0.4, 0.5) is 0 Å². The van der Waals surface area contributed by atoms with Gasteiger partial charge < -0.3 is 89.9 Å². The largest absolute Gasteiger partial charge is 0.394 e. The second-order valence-electron chi connectivity index (χ2n) is 27.1. The number of allylic oxidation sites excluding steroid dienone is 7. The van der Waals surface area contributed by atoms with Gasteiger partial charge in [0.15, 0.2) is 18.9 Å². The van der Waals surface area contributed by atoms with Crippen LogP contribution in [-0.4, -0.2) is 193 Å². The van der Waals surface area contributed by atoms with Crippen molar-refractivity contribution in [3.63, 3.8) is 0 Å². The second kappa shape index (κ2) is 56.5. The highest BCUT2D eigenvalue weighted by Gasteiger charge is 2.53. The molecule has 1 amide bonds. The molecule has 550 valence electrons. The Bertz CT molecular complexity index is 1890. The number of carbonyl (C=O) groups excluding carboxylic acids is 1. The minimum atomic E-state index is -1.98. The average Bonchev–Trinajstić information content (AvgIpc) is 0.792. The molecule has 19 heteroatoms. The smallest absolute Gasteiger partial charge is 0.220 e. The summed E-state index contributed by atoms with van der Waals surface area (Å²) >= 11 is 0. The van der Waals surface area contributed by atoms with Gasteiger partial charge in [0, 0.05) is 6.42 Å². The maximum Gasteiger partial charge on any atom is 0.220 e. The Labute approximate surface area is 567 Å². The van der Waals surface area contributed by atoms with Gasteiger partial charge in [0.1, 0.15) is 73.2 Å². The fraction of sp³-hybridized carbons (Fsp3) is 0.880. The second-order valence-corrected chi connectivity index (χ2v) is 27.1. The van der Waals surface area contributed by atoms with E-state index in [2.05, 4.69) is 55.6 Å².